The number of nitrogens with two attached hydrogens (primary N) is 1. The van der Waals surface area contributed by atoms with Crippen molar-refractivity contribution in [2.75, 3.05) is 11.1 Å². The zero-order valence-electron chi connectivity index (χ0n) is 10.1. The summed E-state index contributed by atoms with van der Waals surface area (Å²) in [4.78, 5) is 15.8. The minimum absolute atomic E-state index is 0.265. The van der Waals surface area contributed by atoms with E-state index in [0.717, 1.165) is 5.56 Å². The summed E-state index contributed by atoms with van der Waals surface area (Å²) in [7, 11) is 0. The van der Waals surface area contributed by atoms with Gasteiger partial charge in [-0.1, -0.05) is 12.1 Å². The number of nitriles is 1. The van der Waals surface area contributed by atoms with Gasteiger partial charge in [0, 0.05) is 17.6 Å². The van der Waals surface area contributed by atoms with Crippen LogP contribution in [0.2, 0.25) is 0 Å². The van der Waals surface area contributed by atoms with Gasteiger partial charge in [0.1, 0.15) is 5.69 Å². The fourth-order valence-electron chi connectivity index (χ4n) is 1.56. The first-order valence-electron chi connectivity index (χ1n) is 5.68. The molecule has 0 saturated heterocycles. The molecule has 3 N–H and O–H groups in total. The SMILES string of the molecule is N#CCc1ccc(NC(=O)c2cc(N)ccn2)cc1. The highest BCUT2D eigenvalue weighted by atomic mass is 16.1. The van der Waals surface area contributed by atoms with Gasteiger partial charge in [-0.3, -0.25) is 9.78 Å². The number of hydrogen-bond donors (Lipinski definition) is 2. The predicted octanol–water partition coefficient (Wildman–Crippen LogP) is 1.98. The molecule has 1 heterocycles. The first-order chi connectivity index (χ1) is 9.19. The summed E-state index contributed by atoms with van der Waals surface area (Å²) in [6.07, 6.45) is 1.84. The Morgan fingerprint density at radius 3 is 2.68 bits per heavy atom. The van der Waals surface area contributed by atoms with E-state index in [1.807, 2.05) is 0 Å². The molecule has 0 atom stereocenters. The number of benzene rings is 1. The van der Waals surface area contributed by atoms with Crippen molar-refractivity contribution in [2.45, 2.75) is 6.42 Å². The number of amides is 1. The molecule has 2 rings (SSSR count). The molecule has 2 aromatic rings. The largest absolute Gasteiger partial charge is 0.399 e. The lowest BCUT2D eigenvalue weighted by Crippen LogP contribution is -2.13. The fraction of sp³-hybridized carbons (Fsp3) is 0.0714. The average Bonchev–Trinajstić information content (AvgIpc) is 2.41. The second-order valence-electron chi connectivity index (χ2n) is 3.96. The molecule has 0 aliphatic rings. The van der Waals surface area contributed by atoms with E-state index in [2.05, 4.69) is 16.4 Å². The Kier molecular flexibility index (Phi) is 3.74. The molecule has 0 aliphatic heterocycles. The Morgan fingerprint density at radius 2 is 2.05 bits per heavy atom. The van der Waals surface area contributed by atoms with Crippen LogP contribution in [0.4, 0.5) is 11.4 Å². The van der Waals surface area contributed by atoms with Crippen molar-refractivity contribution in [1.29, 1.82) is 5.26 Å². The van der Waals surface area contributed by atoms with E-state index in [1.54, 1.807) is 30.3 Å². The highest BCUT2D eigenvalue weighted by Gasteiger charge is 2.07. The summed E-state index contributed by atoms with van der Waals surface area (Å²) in [5, 5.41) is 11.3. The van der Waals surface area contributed by atoms with Gasteiger partial charge in [-0.25, -0.2) is 0 Å². The molecule has 0 saturated carbocycles. The van der Waals surface area contributed by atoms with Crippen molar-refractivity contribution in [1.82, 2.24) is 4.98 Å². The van der Waals surface area contributed by atoms with Gasteiger partial charge in [-0.2, -0.15) is 5.26 Å². The molecule has 5 nitrogen and oxygen atoms in total. The first-order valence-corrected chi connectivity index (χ1v) is 5.68. The predicted molar refractivity (Wildman–Crippen MR) is 72.4 cm³/mol. The van der Waals surface area contributed by atoms with Gasteiger partial charge in [0.05, 0.1) is 12.5 Å². The Balaban J connectivity index is 2.09. The standard InChI is InChI=1S/C14H12N4O/c15-7-5-10-1-3-12(4-2-10)18-14(19)13-9-11(16)6-8-17-13/h1-4,6,8-9H,5H2,(H2,16,17)(H,18,19). The summed E-state index contributed by atoms with van der Waals surface area (Å²) < 4.78 is 0. The van der Waals surface area contributed by atoms with Crippen LogP contribution in [0, 0.1) is 11.3 Å². The van der Waals surface area contributed by atoms with E-state index in [9.17, 15) is 4.79 Å². The number of nitrogen functional groups attached to an aromatic ring is 1. The van der Waals surface area contributed by atoms with Crippen molar-refractivity contribution in [2.24, 2.45) is 0 Å². The van der Waals surface area contributed by atoms with Crippen molar-refractivity contribution < 1.29 is 4.79 Å². The topological polar surface area (TPSA) is 91.8 Å². The van der Waals surface area contributed by atoms with Crippen molar-refractivity contribution in [3.05, 3.63) is 53.9 Å². The van der Waals surface area contributed by atoms with Gasteiger partial charge in [-0.05, 0) is 29.8 Å². The summed E-state index contributed by atoms with van der Waals surface area (Å²) in [6.45, 7) is 0. The zero-order valence-corrected chi connectivity index (χ0v) is 10.1. The van der Waals surface area contributed by atoms with Crippen LogP contribution in [-0.2, 0) is 6.42 Å². The number of nitrogens with zero attached hydrogens (tertiary/aromatic N) is 2. The maximum Gasteiger partial charge on any atom is 0.274 e. The first kappa shape index (κ1) is 12.6. The Labute approximate surface area is 110 Å². The molecular weight excluding hydrogens is 240 g/mol. The molecule has 0 unspecified atom stereocenters. The quantitative estimate of drug-likeness (QED) is 0.873. The molecule has 0 bridgehead atoms. The third-order valence-electron chi connectivity index (χ3n) is 2.51. The molecule has 1 amide bonds. The molecule has 0 spiro atoms. The van der Waals surface area contributed by atoms with E-state index in [1.165, 1.54) is 12.3 Å². The summed E-state index contributed by atoms with van der Waals surface area (Å²) in [5.41, 5.74) is 7.90. The van der Waals surface area contributed by atoms with Gasteiger partial charge >= 0.3 is 0 Å². The molecule has 1 aromatic carbocycles. The van der Waals surface area contributed by atoms with E-state index in [-0.39, 0.29) is 11.6 Å². The lowest BCUT2D eigenvalue weighted by atomic mass is 10.1. The molecule has 0 fully saturated rings. The highest BCUT2D eigenvalue weighted by molar-refractivity contribution is 6.03. The maximum atomic E-state index is 11.9. The van der Waals surface area contributed by atoms with Crippen LogP contribution < -0.4 is 11.1 Å². The number of nitrogens with one attached hydrogen (secondary N) is 1. The third kappa shape index (κ3) is 3.30. The second kappa shape index (κ2) is 5.65. The highest BCUT2D eigenvalue weighted by Crippen LogP contribution is 2.12. The van der Waals surface area contributed by atoms with Crippen LogP contribution in [-0.4, -0.2) is 10.9 Å². The molecule has 0 radical (unpaired) electrons. The number of carbonyl (C=O) groups excluding carboxylic acids is 1. The van der Waals surface area contributed by atoms with Gasteiger partial charge < -0.3 is 11.1 Å². The minimum atomic E-state index is -0.319. The zero-order chi connectivity index (χ0) is 13.7. The third-order valence-corrected chi connectivity index (χ3v) is 2.51. The number of pyridine rings is 1. The van der Waals surface area contributed by atoms with Crippen LogP contribution in [0.1, 0.15) is 16.1 Å². The lowest BCUT2D eigenvalue weighted by molar-refractivity contribution is 0.102. The Bertz CT molecular complexity index is 629. The van der Waals surface area contributed by atoms with Crippen LogP contribution in [0.3, 0.4) is 0 Å². The monoisotopic (exact) mass is 252 g/mol. The van der Waals surface area contributed by atoms with E-state index in [4.69, 9.17) is 11.0 Å². The molecular formula is C14H12N4O. The smallest absolute Gasteiger partial charge is 0.274 e. The van der Waals surface area contributed by atoms with Crippen molar-refractivity contribution in [3.63, 3.8) is 0 Å². The second-order valence-corrected chi connectivity index (χ2v) is 3.96. The number of rotatable bonds is 3. The lowest BCUT2D eigenvalue weighted by Gasteiger charge is -2.05. The fourth-order valence-corrected chi connectivity index (χ4v) is 1.56. The number of carbonyl (C=O) groups is 1. The van der Waals surface area contributed by atoms with E-state index in [0.29, 0.717) is 17.8 Å². The van der Waals surface area contributed by atoms with Gasteiger partial charge in [0.25, 0.3) is 5.91 Å². The Morgan fingerprint density at radius 1 is 1.32 bits per heavy atom. The number of aromatic nitrogens is 1. The van der Waals surface area contributed by atoms with Crippen molar-refractivity contribution in [3.8, 4) is 6.07 Å². The van der Waals surface area contributed by atoms with Crippen LogP contribution in [0.15, 0.2) is 42.6 Å². The van der Waals surface area contributed by atoms with E-state index >= 15 is 0 Å². The molecule has 19 heavy (non-hydrogen) atoms. The summed E-state index contributed by atoms with van der Waals surface area (Å²) in [6, 6.07) is 12.3. The van der Waals surface area contributed by atoms with E-state index < -0.39 is 0 Å². The van der Waals surface area contributed by atoms with Gasteiger partial charge in [-0.15, -0.1) is 0 Å². The molecule has 0 aliphatic carbocycles. The van der Waals surface area contributed by atoms with Gasteiger partial charge in [0.15, 0.2) is 0 Å². The number of anilines is 2. The van der Waals surface area contributed by atoms with Crippen LogP contribution >= 0.6 is 0 Å². The summed E-state index contributed by atoms with van der Waals surface area (Å²) >= 11 is 0. The molecule has 94 valence electrons. The molecule has 1 aromatic heterocycles. The van der Waals surface area contributed by atoms with Crippen molar-refractivity contribution >= 4 is 17.3 Å². The average molecular weight is 252 g/mol. The Hall–Kier alpha value is -2.87. The maximum absolute atomic E-state index is 11.9. The normalized spacial score (nSPS) is 9.63. The summed E-state index contributed by atoms with van der Waals surface area (Å²) in [5.74, 6) is -0.319. The van der Waals surface area contributed by atoms with Crippen LogP contribution in [0.25, 0.3) is 0 Å². The minimum Gasteiger partial charge on any atom is -0.399 e. The van der Waals surface area contributed by atoms with Gasteiger partial charge in [0.2, 0.25) is 0 Å². The van der Waals surface area contributed by atoms with Crippen LogP contribution in [0.5, 0.6) is 0 Å². The number of hydrogen-bond acceptors (Lipinski definition) is 4. The molecule has 5 heteroatoms.